The maximum atomic E-state index is 12.2. The van der Waals surface area contributed by atoms with Gasteiger partial charge < -0.3 is 10.6 Å². The lowest BCUT2D eigenvalue weighted by Gasteiger charge is -2.08. The lowest BCUT2D eigenvalue weighted by atomic mass is 10.2. The van der Waals surface area contributed by atoms with Crippen LogP contribution in [0.5, 0.6) is 0 Å². The van der Waals surface area contributed by atoms with E-state index in [9.17, 15) is 4.79 Å². The summed E-state index contributed by atoms with van der Waals surface area (Å²) < 4.78 is 0. The molecule has 1 heterocycles. The quantitative estimate of drug-likeness (QED) is 0.645. The van der Waals surface area contributed by atoms with Gasteiger partial charge in [0.1, 0.15) is 5.82 Å². The molecule has 0 atom stereocenters. The van der Waals surface area contributed by atoms with Crippen LogP contribution in [0.3, 0.4) is 0 Å². The minimum Gasteiger partial charge on any atom is -0.354 e. The van der Waals surface area contributed by atoms with Crippen molar-refractivity contribution < 1.29 is 4.79 Å². The fourth-order valence-electron chi connectivity index (χ4n) is 2.20. The highest BCUT2D eigenvalue weighted by molar-refractivity contribution is 6.42. The first kappa shape index (κ1) is 17.7. The molecule has 3 aromatic rings. The normalized spacial score (nSPS) is 10.0. The minimum absolute atomic E-state index is 0.312. The third-order valence-corrected chi connectivity index (χ3v) is 4.21. The van der Waals surface area contributed by atoms with E-state index in [4.69, 9.17) is 28.5 Å². The second-order valence-electron chi connectivity index (χ2n) is 5.33. The fourth-order valence-corrected chi connectivity index (χ4v) is 2.50. The first-order chi connectivity index (χ1) is 12.5. The van der Waals surface area contributed by atoms with Crippen LogP contribution in [-0.2, 0) is 0 Å². The van der Waals surface area contributed by atoms with Gasteiger partial charge in [-0.05, 0) is 48.5 Å². The van der Waals surface area contributed by atoms with Gasteiger partial charge in [0.15, 0.2) is 0 Å². The molecule has 3 rings (SSSR count). The van der Waals surface area contributed by atoms with Gasteiger partial charge in [-0.3, -0.25) is 4.79 Å². The highest BCUT2D eigenvalue weighted by Crippen LogP contribution is 2.23. The third-order valence-electron chi connectivity index (χ3n) is 3.47. The van der Waals surface area contributed by atoms with Crippen LogP contribution in [0.15, 0.2) is 60.8 Å². The number of benzene rings is 2. The Morgan fingerprint density at radius 1 is 1.00 bits per heavy atom. The SMILES string of the molecule is N#Cc1cccc(Nc2ccc(NC(=O)c3ccc(Cl)c(Cl)c3)nc2)c1. The number of anilines is 3. The summed E-state index contributed by atoms with van der Waals surface area (Å²) in [6.45, 7) is 0. The molecule has 0 aliphatic carbocycles. The van der Waals surface area contributed by atoms with Crippen LogP contribution in [-0.4, -0.2) is 10.9 Å². The molecule has 0 radical (unpaired) electrons. The van der Waals surface area contributed by atoms with Crippen LogP contribution in [0, 0.1) is 11.3 Å². The van der Waals surface area contributed by atoms with Gasteiger partial charge in [-0.2, -0.15) is 5.26 Å². The Labute approximate surface area is 160 Å². The zero-order valence-electron chi connectivity index (χ0n) is 13.3. The van der Waals surface area contributed by atoms with Gasteiger partial charge in [-0.25, -0.2) is 4.98 Å². The number of nitrogens with one attached hydrogen (secondary N) is 2. The molecule has 2 aromatic carbocycles. The monoisotopic (exact) mass is 382 g/mol. The molecule has 0 aliphatic rings. The number of rotatable bonds is 4. The summed E-state index contributed by atoms with van der Waals surface area (Å²) in [4.78, 5) is 16.4. The molecule has 1 amide bonds. The molecule has 0 bridgehead atoms. The second-order valence-corrected chi connectivity index (χ2v) is 6.15. The smallest absolute Gasteiger partial charge is 0.256 e. The first-order valence-corrected chi connectivity index (χ1v) is 8.30. The number of pyridine rings is 1. The van der Waals surface area contributed by atoms with E-state index >= 15 is 0 Å². The molecule has 0 aliphatic heterocycles. The van der Waals surface area contributed by atoms with Crippen LogP contribution < -0.4 is 10.6 Å². The Kier molecular flexibility index (Phi) is 5.37. The van der Waals surface area contributed by atoms with Gasteiger partial charge >= 0.3 is 0 Å². The van der Waals surface area contributed by atoms with Crippen LogP contribution in [0.2, 0.25) is 10.0 Å². The Hall–Kier alpha value is -3.07. The number of amides is 1. The molecule has 0 fully saturated rings. The summed E-state index contributed by atoms with van der Waals surface area (Å²) in [5.74, 6) is 0.0656. The summed E-state index contributed by atoms with van der Waals surface area (Å²) in [6, 6.07) is 17.3. The topological polar surface area (TPSA) is 77.8 Å². The number of nitrogens with zero attached hydrogens (tertiary/aromatic N) is 2. The molecule has 2 N–H and O–H groups in total. The summed E-state index contributed by atoms with van der Waals surface area (Å²) >= 11 is 11.8. The van der Waals surface area contributed by atoms with E-state index < -0.39 is 0 Å². The van der Waals surface area contributed by atoms with Crippen molar-refractivity contribution in [3.8, 4) is 6.07 Å². The largest absolute Gasteiger partial charge is 0.354 e. The molecular formula is C19H12Cl2N4O. The summed E-state index contributed by atoms with van der Waals surface area (Å²) in [5, 5.41) is 15.5. The zero-order chi connectivity index (χ0) is 18.5. The Morgan fingerprint density at radius 3 is 2.54 bits per heavy atom. The highest BCUT2D eigenvalue weighted by atomic mass is 35.5. The van der Waals surface area contributed by atoms with Crippen molar-refractivity contribution in [3.05, 3.63) is 82.0 Å². The predicted octanol–water partition coefficient (Wildman–Crippen LogP) is 5.26. The van der Waals surface area contributed by atoms with Crippen molar-refractivity contribution in [1.29, 1.82) is 5.26 Å². The number of halogens is 2. The number of hydrogen-bond acceptors (Lipinski definition) is 4. The second kappa shape index (κ2) is 7.87. The summed E-state index contributed by atoms with van der Waals surface area (Å²) in [7, 11) is 0. The number of carbonyl (C=O) groups is 1. The predicted molar refractivity (Wildman–Crippen MR) is 103 cm³/mol. The van der Waals surface area contributed by atoms with Gasteiger partial charge in [-0.1, -0.05) is 29.3 Å². The molecule has 0 saturated heterocycles. The van der Waals surface area contributed by atoms with Crippen molar-refractivity contribution in [2.75, 3.05) is 10.6 Å². The van der Waals surface area contributed by atoms with E-state index in [2.05, 4.69) is 21.7 Å². The molecule has 5 nitrogen and oxygen atoms in total. The van der Waals surface area contributed by atoms with E-state index in [1.54, 1.807) is 48.7 Å². The molecular weight excluding hydrogens is 371 g/mol. The average Bonchev–Trinajstić information content (AvgIpc) is 2.65. The maximum absolute atomic E-state index is 12.2. The molecule has 0 unspecified atom stereocenters. The molecule has 26 heavy (non-hydrogen) atoms. The summed E-state index contributed by atoms with van der Waals surface area (Å²) in [5.41, 5.74) is 2.45. The number of aromatic nitrogens is 1. The molecule has 1 aromatic heterocycles. The van der Waals surface area contributed by atoms with Crippen LogP contribution in [0.4, 0.5) is 17.2 Å². The fraction of sp³-hybridized carbons (Fsp3) is 0. The molecule has 0 saturated carbocycles. The van der Waals surface area contributed by atoms with Gasteiger partial charge in [0, 0.05) is 11.3 Å². The van der Waals surface area contributed by atoms with Crippen LogP contribution in [0.1, 0.15) is 15.9 Å². The van der Waals surface area contributed by atoms with Crippen molar-refractivity contribution >= 4 is 46.3 Å². The van der Waals surface area contributed by atoms with Crippen LogP contribution >= 0.6 is 23.2 Å². The lowest BCUT2D eigenvalue weighted by Crippen LogP contribution is -2.12. The Balaban J connectivity index is 1.68. The number of hydrogen-bond donors (Lipinski definition) is 2. The van der Waals surface area contributed by atoms with E-state index in [1.807, 2.05) is 6.07 Å². The van der Waals surface area contributed by atoms with E-state index in [0.29, 0.717) is 27.0 Å². The third kappa shape index (κ3) is 4.31. The van der Waals surface area contributed by atoms with Gasteiger partial charge in [-0.15, -0.1) is 0 Å². The molecule has 0 spiro atoms. The maximum Gasteiger partial charge on any atom is 0.256 e. The Morgan fingerprint density at radius 2 is 1.85 bits per heavy atom. The van der Waals surface area contributed by atoms with Gasteiger partial charge in [0.2, 0.25) is 0 Å². The average molecular weight is 383 g/mol. The van der Waals surface area contributed by atoms with Crippen molar-refractivity contribution in [2.24, 2.45) is 0 Å². The molecule has 7 heteroatoms. The van der Waals surface area contributed by atoms with Crippen molar-refractivity contribution in [1.82, 2.24) is 4.98 Å². The number of carbonyl (C=O) groups excluding carboxylic acids is 1. The zero-order valence-corrected chi connectivity index (χ0v) is 14.8. The van der Waals surface area contributed by atoms with Crippen molar-refractivity contribution in [3.63, 3.8) is 0 Å². The minimum atomic E-state index is -0.335. The van der Waals surface area contributed by atoms with Gasteiger partial charge in [0.25, 0.3) is 5.91 Å². The highest BCUT2D eigenvalue weighted by Gasteiger charge is 2.09. The molecule has 128 valence electrons. The van der Waals surface area contributed by atoms with Crippen LogP contribution in [0.25, 0.3) is 0 Å². The standard InChI is InChI=1S/C19H12Cl2N4O/c20-16-6-4-13(9-17(16)21)19(26)25-18-7-5-15(11-23-18)24-14-3-1-2-12(8-14)10-22/h1-9,11,24H,(H,23,25,26). The lowest BCUT2D eigenvalue weighted by molar-refractivity contribution is 0.102. The van der Waals surface area contributed by atoms with E-state index in [1.165, 1.54) is 6.07 Å². The summed E-state index contributed by atoms with van der Waals surface area (Å²) in [6.07, 6.45) is 1.59. The first-order valence-electron chi connectivity index (χ1n) is 7.55. The van der Waals surface area contributed by atoms with Crippen molar-refractivity contribution in [2.45, 2.75) is 0 Å². The number of nitriles is 1. The Bertz CT molecular complexity index is 997. The van der Waals surface area contributed by atoms with Gasteiger partial charge in [0.05, 0.1) is 33.6 Å². The van der Waals surface area contributed by atoms with E-state index in [-0.39, 0.29) is 5.91 Å². The van der Waals surface area contributed by atoms with E-state index in [0.717, 1.165) is 11.4 Å².